The maximum Gasteiger partial charge on any atom is 0.271 e. The van der Waals surface area contributed by atoms with Gasteiger partial charge >= 0.3 is 0 Å². The molecule has 0 saturated carbocycles. The number of ether oxygens (including phenoxy) is 3. The average Bonchev–Trinajstić information content (AvgIpc) is 2.96. The van der Waals surface area contributed by atoms with Gasteiger partial charge in [0.1, 0.15) is 12.4 Å². The molecule has 0 aliphatic heterocycles. The summed E-state index contributed by atoms with van der Waals surface area (Å²) in [5, 5.41) is 6.79. The summed E-state index contributed by atoms with van der Waals surface area (Å²) in [5.41, 5.74) is 5.28. The summed E-state index contributed by atoms with van der Waals surface area (Å²) in [6, 6.07) is 30.9. The molecule has 0 heterocycles. The number of anilines is 1. The Bertz CT molecular complexity index is 1390. The van der Waals surface area contributed by atoms with Crippen LogP contribution in [0.3, 0.4) is 0 Å². The zero-order valence-electron chi connectivity index (χ0n) is 20.8. The molecule has 4 rings (SSSR count). The average molecular weight is 510 g/mol. The van der Waals surface area contributed by atoms with Crippen molar-refractivity contribution < 1.29 is 23.8 Å². The van der Waals surface area contributed by atoms with E-state index >= 15 is 0 Å². The van der Waals surface area contributed by atoms with Crippen LogP contribution in [0, 0.1) is 0 Å². The van der Waals surface area contributed by atoms with Crippen molar-refractivity contribution in [2.75, 3.05) is 19.0 Å². The number of carbonyl (C=O) groups excluding carboxylic acids is 2. The van der Waals surface area contributed by atoms with Crippen LogP contribution in [-0.2, 0) is 11.4 Å². The Kier molecular flexibility index (Phi) is 9.07. The number of nitrogens with one attached hydrogen (secondary N) is 2. The van der Waals surface area contributed by atoms with Gasteiger partial charge < -0.3 is 19.5 Å². The molecule has 0 atom stereocenters. The highest BCUT2D eigenvalue weighted by Crippen LogP contribution is 2.29. The van der Waals surface area contributed by atoms with E-state index in [0.717, 1.165) is 5.56 Å². The molecule has 38 heavy (non-hydrogen) atoms. The quantitative estimate of drug-likeness (QED) is 0.218. The van der Waals surface area contributed by atoms with Crippen LogP contribution in [0.15, 0.2) is 108 Å². The van der Waals surface area contributed by atoms with Gasteiger partial charge in [-0.2, -0.15) is 5.10 Å². The molecule has 0 radical (unpaired) electrons. The highest BCUT2D eigenvalue weighted by atomic mass is 16.5. The molecule has 0 saturated heterocycles. The van der Waals surface area contributed by atoms with Gasteiger partial charge in [-0.25, -0.2) is 5.43 Å². The first kappa shape index (κ1) is 26.0. The van der Waals surface area contributed by atoms with Crippen LogP contribution in [0.25, 0.3) is 0 Å². The van der Waals surface area contributed by atoms with Crippen molar-refractivity contribution in [1.82, 2.24) is 5.43 Å². The summed E-state index contributed by atoms with van der Waals surface area (Å²) in [7, 11) is 1.52. The van der Waals surface area contributed by atoms with E-state index in [2.05, 4.69) is 15.8 Å². The molecular weight excluding hydrogens is 482 g/mol. The SMILES string of the molecule is COc1cc(C(=O)N/N=C/c2cccc(OCC(=O)Nc3ccccc3)c2)ccc1OCc1ccccc1. The molecule has 2 N–H and O–H groups in total. The lowest BCUT2D eigenvalue weighted by molar-refractivity contribution is -0.118. The second-order valence-corrected chi connectivity index (χ2v) is 8.11. The van der Waals surface area contributed by atoms with Crippen LogP contribution in [0.2, 0.25) is 0 Å². The van der Waals surface area contributed by atoms with Gasteiger partial charge in [0.25, 0.3) is 11.8 Å². The summed E-state index contributed by atoms with van der Waals surface area (Å²) >= 11 is 0. The molecule has 0 fully saturated rings. The van der Waals surface area contributed by atoms with Crippen LogP contribution >= 0.6 is 0 Å². The van der Waals surface area contributed by atoms with Crippen LogP contribution in [-0.4, -0.2) is 31.7 Å². The molecule has 0 unspecified atom stereocenters. The van der Waals surface area contributed by atoms with Crippen molar-refractivity contribution in [2.24, 2.45) is 5.10 Å². The maximum atomic E-state index is 12.6. The van der Waals surface area contributed by atoms with Gasteiger partial charge in [0.05, 0.1) is 13.3 Å². The van der Waals surface area contributed by atoms with E-state index in [1.807, 2.05) is 48.5 Å². The Hall–Kier alpha value is -5.11. The van der Waals surface area contributed by atoms with E-state index in [4.69, 9.17) is 14.2 Å². The number of hydrogen-bond acceptors (Lipinski definition) is 6. The van der Waals surface area contributed by atoms with Crippen molar-refractivity contribution >= 4 is 23.7 Å². The lowest BCUT2D eigenvalue weighted by Gasteiger charge is -2.12. The first-order valence-corrected chi connectivity index (χ1v) is 11.9. The van der Waals surface area contributed by atoms with Crippen LogP contribution < -0.4 is 25.0 Å². The molecule has 4 aromatic carbocycles. The minimum Gasteiger partial charge on any atom is -0.493 e. The number of hydrazone groups is 1. The molecule has 0 aliphatic rings. The number of benzene rings is 4. The Morgan fingerprint density at radius 2 is 1.58 bits per heavy atom. The van der Waals surface area contributed by atoms with E-state index in [1.165, 1.54) is 13.3 Å². The smallest absolute Gasteiger partial charge is 0.271 e. The van der Waals surface area contributed by atoms with Gasteiger partial charge in [-0.3, -0.25) is 9.59 Å². The van der Waals surface area contributed by atoms with E-state index in [1.54, 1.807) is 54.6 Å². The lowest BCUT2D eigenvalue weighted by Crippen LogP contribution is -2.20. The number of para-hydroxylation sites is 1. The molecule has 8 nitrogen and oxygen atoms in total. The normalized spacial score (nSPS) is 10.6. The number of methoxy groups -OCH3 is 1. The van der Waals surface area contributed by atoms with Crippen molar-refractivity contribution in [3.8, 4) is 17.2 Å². The third-order valence-corrected chi connectivity index (χ3v) is 5.33. The number of nitrogens with zero attached hydrogens (tertiary/aromatic N) is 1. The molecule has 192 valence electrons. The third-order valence-electron chi connectivity index (χ3n) is 5.33. The Balaban J connectivity index is 1.29. The summed E-state index contributed by atoms with van der Waals surface area (Å²) in [5.74, 6) is 0.803. The minimum atomic E-state index is -0.404. The van der Waals surface area contributed by atoms with Crippen LogP contribution in [0.5, 0.6) is 17.2 Å². The minimum absolute atomic E-state index is 0.140. The van der Waals surface area contributed by atoms with Crippen LogP contribution in [0.1, 0.15) is 21.5 Å². The second kappa shape index (κ2) is 13.3. The van der Waals surface area contributed by atoms with Crippen LogP contribution in [0.4, 0.5) is 5.69 Å². The van der Waals surface area contributed by atoms with Gasteiger partial charge in [0.15, 0.2) is 18.1 Å². The predicted octanol–water partition coefficient (Wildman–Crippen LogP) is 5.06. The Labute approximate surface area is 220 Å². The van der Waals surface area contributed by atoms with Gasteiger partial charge in [-0.15, -0.1) is 0 Å². The van der Waals surface area contributed by atoms with Gasteiger partial charge in [0.2, 0.25) is 0 Å². The fourth-order valence-electron chi connectivity index (χ4n) is 3.45. The fourth-order valence-corrected chi connectivity index (χ4v) is 3.45. The topological polar surface area (TPSA) is 98.3 Å². The van der Waals surface area contributed by atoms with E-state index in [9.17, 15) is 9.59 Å². The molecular formula is C30H27N3O5. The third kappa shape index (κ3) is 7.69. The number of carbonyl (C=O) groups is 2. The standard InChI is InChI=1S/C30H27N3O5/c1-36-28-18-24(15-16-27(28)38-20-22-9-4-2-5-10-22)30(35)33-31-19-23-11-8-14-26(17-23)37-21-29(34)32-25-12-6-3-7-13-25/h2-19H,20-21H2,1H3,(H,32,34)(H,33,35)/b31-19+. The van der Waals surface area contributed by atoms with Crippen molar-refractivity contribution in [3.63, 3.8) is 0 Å². The second-order valence-electron chi connectivity index (χ2n) is 8.11. The summed E-state index contributed by atoms with van der Waals surface area (Å²) in [4.78, 5) is 24.7. The zero-order chi connectivity index (χ0) is 26.6. The van der Waals surface area contributed by atoms with E-state index in [0.29, 0.717) is 40.7 Å². The number of amides is 2. The molecule has 0 aliphatic carbocycles. The van der Waals surface area contributed by atoms with Crippen molar-refractivity contribution in [2.45, 2.75) is 6.61 Å². The van der Waals surface area contributed by atoms with Crippen molar-refractivity contribution in [3.05, 3.63) is 120 Å². The maximum absolute atomic E-state index is 12.6. The highest BCUT2D eigenvalue weighted by molar-refractivity contribution is 5.95. The number of rotatable bonds is 11. The monoisotopic (exact) mass is 509 g/mol. The number of hydrogen-bond donors (Lipinski definition) is 2. The largest absolute Gasteiger partial charge is 0.493 e. The molecule has 0 bridgehead atoms. The summed E-state index contributed by atoms with van der Waals surface area (Å²) in [6.07, 6.45) is 1.49. The first-order valence-electron chi connectivity index (χ1n) is 11.9. The van der Waals surface area contributed by atoms with Gasteiger partial charge in [-0.05, 0) is 53.6 Å². The molecule has 0 spiro atoms. The summed E-state index contributed by atoms with van der Waals surface area (Å²) < 4.78 is 16.8. The van der Waals surface area contributed by atoms with E-state index < -0.39 is 5.91 Å². The van der Waals surface area contributed by atoms with Crippen molar-refractivity contribution in [1.29, 1.82) is 0 Å². The highest BCUT2D eigenvalue weighted by Gasteiger charge is 2.11. The van der Waals surface area contributed by atoms with E-state index in [-0.39, 0.29) is 12.5 Å². The molecule has 8 heteroatoms. The fraction of sp³-hybridized carbons (Fsp3) is 0.100. The van der Waals surface area contributed by atoms with Gasteiger partial charge in [0, 0.05) is 11.3 Å². The zero-order valence-corrected chi connectivity index (χ0v) is 20.8. The molecule has 4 aromatic rings. The van der Waals surface area contributed by atoms with Gasteiger partial charge in [-0.1, -0.05) is 60.7 Å². The first-order chi connectivity index (χ1) is 18.6. The molecule has 0 aromatic heterocycles. The lowest BCUT2D eigenvalue weighted by atomic mass is 10.2. The molecule has 2 amide bonds. The summed E-state index contributed by atoms with van der Waals surface area (Å²) in [6.45, 7) is 0.243. The Morgan fingerprint density at radius 1 is 0.816 bits per heavy atom. The predicted molar refractivity (Wildman–Crippen MR) is 146 cm³/mol. The Morgan fingerprint density at radius 3 is 2.34 bits per heavy atom.